The molecule has 2 aromatic carbocycles. The summed E-state index contributed by atoms with van der Waals surface area (Å²) in [5.41, 5.74) is 3.16. The molecule has 2 heterocycles. The van der Waals surface area contributed by atoms with E-state index in [9.17, 15) is 4.79 Å². The highest BCUT2D eigenvalue weighted by Gasteiger charge is 2.19. The van der Waals surface area contributed by atoms with Crippen molar-refractivity contribution in [3.8, 4) is 0 Å². The fourth-order valence-electron chi connectivity index (χ4n) is 3.45. The third-order valence-corrected chi connectivity index (χ3v) is 6.17. The van der Waals surface area contributed by atoms with Crippen molar-refractivity contribution >= 4 is 29.0 Å². The van der Waals surface area contributed by atoms with Crippen LogP contribution in [0.1, 0.15) is 25.9 Å². The van der Waals surface area contributed by atoms with Crippen LogP contribution in [0.25, 0.3) is 6.08 Å². The highest BCUT2D eigenvalue weighted by molar-refractivity contribution is 7.13. The lowest BCUT2D eigenvalue weighted by atomic mass is 10.2. The van der Waals surface area contributed by atoms with Gasteiger partial charge in [0.1, 0.15) is 5.01 Å². The minimum absolute atomic E-state index is 0.206. The summed E-state index contributed by atoms with van der Waals surface area (Å²) >= 11 is 1.37. The van der Waals surface area contributed by atoms with E-state index >= 15 is 0 Å². The maximum atomic E-state index is 12.4. The van der Waals surface area contributed by atoms with Gasteiger partial charge in [-0.25, -0.2) is 0 Å². The van der Waals surface area contributed by atoms with E-state index in [2.05, 4.69) is 61.7 Å². The van der Waals surface area contributed by atoms with Crippen molar-refractivity contribution in [2.24, 2.45) is 0 Å². The topological polar surface area (TPSA) is 61.4 Å². The molecule has 0 spiro atoms. The average molecular weight is 434 g/mol. The summed E-state index contributed by atoms with van der Waals surface area (Å²) in [5.74, 6) is -0.206. The van der Waals surface area contributed by atoms with E-state index in [1.165, 1.54) is 16.9 Å². The van der Waals surface area contributed by atoms with Crippen molar-refractivity contribution in [3.05, 3.63) is 81.8 Å². The fourth-order valence-corrected chi connectivity index (χ4v) is 4.23. The molecule has 0 bridgehead atoms. The van der Waals surface area contributed by atoms with E-state index in [4.69, 9.17) is 0 Å². The number of anilines is 1. The number of carbonyl (C=O) groups is 1. The normalized spacial score (nSPS) is 15.4. The lowest BCUT2D eigenvalue weighted by Gasteiger charge is -2.33. The van der Waals surface area contributed by atoms with Crippen LogP contribution in [0.2, 0.25) is 0 Å². The van der Waals surface area contributed by atoms with Crippen molar-refractivity contribution in [1.82, 2.24) is 20.0 Å². The molecule has 0 radical (unpaired) electrons. The summed E-state index contributed by atoms with van der Waals surface area (Å²) < 4.78 is 0. The first-order chi connectivity index (χ1) is 15.2. The zero-order chi connectivity index (χ0) is 21.5. The molecule has 1 amide bonds. The number of carbonyl (C=O) groups excluding carboxylic acids is 1. The summed E-state index contributed by atoms with van der Waals surface area (Å²) in [7, 11) is 0. The molecule has 3 aromatic rings. The molecule has 1 aliphatic heterocycles. The molecule has 160 valence electrons. The van der Waals surface area contributed by atoms with Gasteiger partial charge < -0.3 is 5.32 Å². The lowest BCUT2D eigenvalue weighted by molar-refractivity contribution is 0.102. The average Bonchev–Trinajstić information content (AvgIpc) is 3.26. The van der Waals surface area contributed by atoms with Crippen molar-refractivity contribution in [3.63, 3.8) is 0 Å². The molecule has 7 heteroatoms. The first kappa shape index (κ1) is 21.4. The number of aromatic nitrogens is 2. The molecule has 1 aliphatic rings. The highest BCUT2D eigenvalue weighted by atomic mass is 32.1. The van der Waals surface area contributed by atoms with E-state index in [0.29, 0.717) is 5.01 Å². The molecule has 1 N–H and O–H groups in total. The quantitative estimate of drug-likeness (QED) is 0.612. The minimum Gasteiger partial charge on any atom is -0.320 e. The Balaban J connectivity index is 1.22. The fraction of sp³-hybridized carbons (Fsp3) is 0.292. The number of amides is 1. The zero-order valence-electron chi connectivity index (χ0n) is 17.7. The number of nitrogens with one attached hydrogen (secondary N) is 1. The molecule has 6 nitrogen and oxygen atoms in total. The van der Waals surface area contributed by atoms with Crippen LogP contribution in [0.5, 0.6) is 0 Å². The van der Waals surface area contributed by atoms with Crippen LogP contribution in [-0.2, 0) is 6.54 Å². The largest absolute Gasteiger partial charge is 0.320 e. The Kier molecular flexibility index (Phi) is 7.19. The molecule has 31 heavy (non-hydrogen) atoms. The number of aryl methyl sites for hydroxylation is 1. The van der Waals surface area contributed by atoms with Crippen LogP contribution in [0.3, 0.4) is 0 Å². The van der Waals surface area contributed by atoms with E-state index in [0.717, 1.165) is 55.5 Å². The summed E-state index contributed by atoms with van der Waals surface area (Å²) in [6.45, 7) is 7.75. The predicted octanol–water partition coefficient (Wildman–Crippen LogP) is 3.93. The van der Waals surface area contributed by atoms with Gasteiger partial charge in [0.05, 0.1) is 6.54 Å². The Morgan fingerprint density at radius 3 is 2.45 bits per heavy atom. The van der Waals surface area contributed by atoms with Crippen molar-refractivity contribution < 1.29 is 4.79 Å². The van der Waals surface area contributed by atoms with Gasteiger partial charge in [-0.1, -0.05) is 71.5 Å². The maximum Gasteiger partial charge on any atom is 0.286 e. The smallest absolute Gasteiger partial charge is 0.286 e. The Morgan fingerprint density at radius 2 is 1.71 bits per heavy atom. The van der Waals surface area contributed by atoms with Crippen molar-refractivity contribution in [1.29, 1.82) is 0 Å². The Morgan fingerprint density at radius 1 is 1.00 bits per heavy atom. The van der Waals surface area contributed by atoms with E-state index < -0.39 is 0 Å². The van der Waals surface area contributed by atoms with Gasteiger partial charge >= 0.3 is 0 Å². The molecule has 0 saturated carbocycles. The molecular weight excluding hydrogens is 406 g/mol. The zero-order valence-corrected chi connectivity index (χ0v) is 18.5. The summed E-state index contributed by atoms with van der Waals surface area (Å²) in [4.78, 5) is 17.2. The van der Waals surface area contributed by atoms with Crippen LogP contribution in [0.15, 0.2) is 60.7 Å². The van der Waals surface area contributed by atoms with Crippen LogP contribution in [0, 0.1) is 6.92 Å². The Labute approximate surface area is 187 Å². The minimum atomic E-state index is -0.206. The Hall–Kier alpha value is -2.87. The van der Waals surface area contributed by atoms with Gasteiger partial charge in [0, 0.05) is 38.4 Å². The summed E-state index contributed by atoms with van der Waals surface area (Å²) in [6.07, 6.45) is 4.41. The summed E-state index contributed by atoms with van der Waals surface area (Å²) in [6, 6.07) is 18.1. The van der Waals surface area contributed by atoms with E-state index in [1.807, 2.05) is 37.3 Å². The van der Waals surface area contributed by atoms with E-state index in [1.54, 1.807) is 0 Å². The summed E-state index contributed by atoms with van der Waals surface area (Å²) in [5, 5.41) is 12.5. The van der Waals surface area contributed by atoms with Gasteiger partial charge in [0.2, 0.25) is 5.01 Å². The number of piperazine rings is 1. The number of rotatable bonds is 7. The molecule has 0 atom stereocenters. The standard InChI is InChI=1S/C24H27N5OS/c1-19-9-11-21(12-10-19)25-23(30)24-27-26-22(31-24)18-29-16-14-28(15-17-29)13-5-8-20-6-3-2-4-7-20/h2-12H,13-18H2,1H3,(H,25,30)/b8-5+. The number of hydrogen-bond acceptors (Lipinski definition) is 6. The molecular formula is C24H27N5OS. The number of benzene rings is 2. The van der Waals surface area contributed by atoms with Gasteiger partial charge in [0.25, 0.3) is 5.91 Å². The second-order valence-electron chi connectivity index (χ2n) is 7.71. The highest BCUT2D eigenvalue weighted by Crippen LogP contribution is 2.16. The van der Waals surface area contributed by atoms with E-state index in [-0.39, 0.29) is 5.91 Å². The Bertz CT molecular complexity index is 1010. The van der Waals surface area contributed by atoms with Crippen LogP contribution >= 0.6 is 11.3 Å². The first-order valence-electron chi connectivity index (χ1n) is 10.5. The molecule has 0 unspecified atom stereocenters. The van der Waals surface area contributed by atoms with Gasteiger partial charge in [-0.05, 0) is 24.6 Å². The second-order valence-corrected chi connectivity index (χ2v) is 8.77. The monoisotopic (exact) mass is 433 g/mol. The molecule has 4 rings (SSSR count). The van der Waals surface area contributed by atoms with Gasteiger partial charge in [0.15, 0.2) is 0 Å². The van der Waals surface area contributed by atoms with Gasteiger partial charge in [-0.15, -0.1) is 10.2 Å². The van der Waals surface area contributed by atoms with Crippen molar-refractivity contribution in [2.45, 2.75) is 13.5 Å². The lowest BCUT2D eigenvalue weighted by Crippen LogP contribution is -2.45. The maximum absolute atomic E-state index is 12.4. The van der Waals surface area contributed by atoms with Gasteiger partial charge in [-0.2, -0.15) is 0 Å². The third kappa shape index (κ3) is 6.30. The second kappa shape index (κ2) is 10.4. The van der Waals surface area contributed by atoms with Crippen LogP contribution < -0.4 is 5.32 Å². The molecule has 1 aromatic heterocycles. The number of nitrogens with zero attached hydrogens (tertiary/aromatic N) is 4. The van der Waals surface area contributed by atoms with Crippen molar-refractivity contribution in [2.75, 3.05) is 38.0 Å². The SMILES string of the molecule is Cc1ccc(NC(=O)c2nnc(CN3CCN(C/C=C/c4ccccc4)CC3)s2)cc1. The molecule has 1 saturated heterocycles. The third-order valence-electron chi connectivity index (χ3n) is 5.27. The molecule has 0 aliphatic carbocycles. The number of hydrogen-bond donors (Lipinski definition) is 1. The van der Waals surface area contributed by atoms with Crippen LogP contribution in [-0.4, -0.2) is 58.6 Å². The van der Waals surface area contributed by atoms with Crippen LogP contribution in [0.4, 0.5) is 5.69 Å². The first-order valence-corrected chi connectivity index (χ1v) is 11.3. The predicted molar refractivity (Wildman–Crippen MR) is 126 cm³/mol. The molecule has 1 fully saturated rings. The van der Waals surface area contributed by atoms with Gasteiger partial charge in [-0.3, -0.25) is 14.6 Å².